The van der Waals surface area contributed by atoms with Crippen molar-refractivity contribution < 1.29 is 42.8 Å². The van der Waals surface area contributed by atoms with Crippen LogP contribution in [0.2, 0.25) is 0 Å². The summed E-state index contributed by atoms with van der Waals surface area (Å²) in [6, 6.07) is 18.3. The Balaban J connectivity index is 1.35. The molecule has 9 nitrogen and oxygen atoms in total. The van der Waals surface area contributed by atoms with Crippen molar-refractivity contribution in [2.75, 3.05) is 20.0 Å². The number of hydrogen-bond acceptors (Lipinski definition) is 9. The number of aryl methyl sites for hydroxylation is 1. The summed E-state index contributed by atoms with van der Waals surface area (Å²) in [5.74, 6) is 1.09. The molecule has 0 fully saturated rings. The largest absolute Gasteiger partial charge is 0.494 e. The molecule has 0 spiro atoms. The first-order valence-corrected chi connectivity index (χ1v) is 13.4. The average Bonchev–Trinajstić information content (AvgIpc) is 3.00. The van der Waals surface area contributed by atoms with E-state index in [4.69, 9.17) is 28.4 Å². The first-order chi connectivity index (χ1) is 20.4. The van der Waals surface area contributed by atoms with Crippen molar-refractivity contribution in [3.05, 3.63) is 103 Å². The SMILES string of the molecule is C=CC(=O)OCCCCCCOc1ccc(OCOc2ccc(OC(=O)c3ccc(OC(=O)C=C)cc3)cc2C)cc1. The van der Waals surface area contributed by atoms with E-state index in [1.165, 1.54) is 24.3 Å². The summed E-state index contributed by atoms with van der Waals surface area (Å²) in [5, 5.41) is 0. The molecule has 0 unspecified atom stereocenters. The molecule has 0 aliphatic carbocycles. The lowest BCUT2D eigenvalue weighted by Crippen LogP contribution is -2.10. The van der Waals surface area contributed by atoms with Crippen molar-refractivity contribution in [3.63, 3.8) is 0 Å². The first-order valence-electron chi connectivity index (χ1n) is 13.4. The standard InChI is InChI=1S/C33H34O9/c1-4-31(34)38-21-9-7-6-8-20-37-26-14-16-27(17-15-26)39-23-40-30-19-18-29(22-24(30)3)42-33(36)25-10-12-28(13-11-25)41-32(35)5-2/h4-5,10-19,22H,1-2,6-9,20-21,23H2,3H3. The smallest absolute Gasteiger partial charge is 0.343 e. The van der Waals surface area contributed by atoms with Gasteiger partial charge in [0.15, 0.2) is 0 Å². The van der Waals surface area contributed by atoms with Crippen LogP contribution in [0.15, 0.2) is 92.0 Å². The molecule has 0 saturated heterocycles. The Bertz CT molecular complexity index is 1340. The van der Waals surface area contributed by atoms with Crippen LogP contribution in [0.4, 0.5) is 0 Å². The second-order valence-corrected chi connectivity index (χ2v) is 8.98. The number of unbranched alkanes of at least 4 members (excludes halogenated alkanes) is 3. The molecule has 0 aliphatic heterocycles. The maximum atomic E-state index is 12.5. The van der Waals surface area contributed by atoms with Crippen LogP contribution in [-0.2, 0) is 14.3 Å². The van der Waals surface area contributed by atoms with Crippen LogP contribution < -0.4 is 23.7 Å². The number of carbonyl (C=O) groups is 3. The molecule has 3 rings (SSSR count). The third-order valence-corrected chi connectivity index (χ3v) is 5.81. The second-order valence-electron chi connectivity index (χ2n) is 8.98. The molecular formula is C33H34O9. The van der Waals surface area contributed by atoms with Crippen LogP contribution in [-0.4, -0.2) is 37.9 Å². The number of rotatable bonds is 17. The first kappa shape index (κ1) is 31.5. The molecule has 0 aromatic heterocycles. The summed E-state index contributed by atoms with van der Waals surface area (Å²) >= 11 is 0. The summed E-state index contributed by atoms with van der Waals surface area (Å²) < 4.78 is 32.6. The van der Waals surface area contributed by atoms with Crippen molar-refractivity contribution in [1.82, 2.24) is 0 Å². The molecule has 0 N–H and O–H groups in total. The van der Waals surface area contributed by atoms with Gasteiger partial charge >= 0.3 is 17.9 Å². The van der Waals surface area contributed by atoms with E-state index in [0.29, 0.717) is 41.8 Å². The van der Waals surface area contributed by atoms with Gasteiger partial charge in [0, 0.05) is 12.2 Å². The lowest BCUT2D eigenvalue weighted by molar-refractivity contribution is -0.137. The molecule has 9 heteroatoms. The van der Waals surface area contributed by atoms with Crippen LogP contribution in [0.1, 0.15) is 41.6 Å². The average molecular weight is 575 g/mol. The number of esters is 3. The van der Waals surface area contributed by atoms with Gasteiger partial charge in [0.05, 0.1) is 18.8 Å². The van der Waals surface area contributed by atoms with E-state index in [-0.39, 0.29) is 12.8 Å². The van der Waals surface area contributed by atoms with Crippen LogP contribution in [0.5, 0.6) is 28.7 Å². The summed E-state index contributed by atoms with van der Waals surface area (Å²) in [6.45, 7) is 9.53. The van der Waals surface area contributed by atoms with E-state index in [1.807, 2.05) is 19.1 Å². The van der Waals surface area contributed by atoms with Crippen molar-refractivity contribution >= 4 is 17.9 Å². The Morgan fingerprint density at radius 3 is 1.88 bits per heavy atom. The van der Waals surface area contributed by atoms with E-state index in [1.54, 1.807) is 30.3 Å². The van der Waals surface area contributed by atoms with Gasteiger partial charge in [-0.05, 0) is 105 Å². The Kier molecular flexibility index (Phi) is 12.7. The van der Waals surface area contributed by atoms with E-state index >= 15 is 0 Å². The maximum absolute atomic E-state index is 12.5. The van der Waals surface area contributed by atoms with E-state index in [0.717, 1.165) is 49.1 Å². The molecule has 3 aromatic rings. The minimum Gasteiger partial charge on any atom is -0.494 e. The molecule has 0 aliphatic rings. The van der Waals surface area contributed by atoms with Gasteiger partial charge in [-0.1, -0.05) is 13.2 Å². The minimum atomic E-state index is -0.585. The van der Waals surface area contributed by atoms with Crippen LogP contribution in [0.25, 0.3) is 0 Å². The van der Waals surface area contributed by atoms with Crippen molar-refractivity contribution in [3.8, 4) is 28.7 Å². The van der Waals surface area contributed by atoms with E-state index < -0.39 is 11.9 Å². The highest BCUT2D eigenvalue weighted by molar-refractivity contribution is 5.91. The predicted octanol–water partition coefficient (Wildman–Crippen LogP) is 6.39. The van der Waals surface area contributed by atoms with Gasteiger partial charge in [-0.25, -0.2) is 14.4 Å². The van der Waals surface area contributed by atoms with Gasteiger partial charge in [0.25, 0.3) is 0 Å². The molecule has 42 heavy (non-hydrogen) atoms. The maximum Gasteiger partial charge on any atom is 0.343 e. The molecule has 0 atom stereocenters. The normalized spacial score (nSPS) is 10.2. The Morgan fingerprint density at radius 1 is 0.643 bits per heavy atom. The fraction of sp³-hybridized carbons (Fsp3) is 0.242. The van der Waals surface area contributed by atoms with Crippen molar-refractivity contribution in [1.29, 1.82) is 0 Å². The molecule has 3 aromatic carbocycles. The number of benzene rings is 3. The lowest BCUT2D eigenvalue weighted by Gasteiger charge is -2.12. The van der Waals surface area contributed by atoms with Gasteiger partial charge in [-0.15, -0.1) is 0 Å². The zero-order valence-corrected chi connectivity index (χ0v) is 23.5. The fourth-order valence-electron chi connectivity index (χ4n) is 3.60. The van der Waals surface area contributed by atoms with Crippen LogP contribution in [0.3, 0.4) is 0 Å². The molecule has 0 saturated carbocycles. The van der Waals surface area contributed by atoms with Gasteiger partial charge in [-0.2, -0.15) is 0 Å². The Labute approximate surface area is 245 Å². The zero-order valence-electron chi connectivity index (χ0n) is 23.5. The van der Waals surface area contributed by atoms with Gasteiger partial charge in [-0.3, -0.25) is 0 Å². The van der Waals surface area contributed by atoms with Gasteiger partial charge in [0.1, 0.15) is 28.7 Å². The topological polar surface area (TPSA) is 107 Å². The molecule has 0 amide bonds. The third-order valence-electron chi connectivity index (χ3n) is 5.81. The van der Waals surface area contributed by atoms with Crippen molar-refractivity contribution in [2.24, 2.45) is 0 Å². The Morgan fingerprint density at radius 2 is 1.24 bits per heavy atom. The van der Waals surface area contributed by atoms with Crippen LogP contribution >= 0.6 is 0 Å². The van der Waals surface area contributed by atoms with Gasteiger partial charge < -0.3 is 28.4 Å². The van der Waals surface area contributed by atoms with E-state index in [2.05, 4.69) is 13.2 Å². The predicted molar refractivity (Wildman–Crippen MR) is 156 cm³/mol. The number of carbonyl (C=O) groups excluding carboxylic acids is 3. The molecule has 0 radical (unpaired) electrons. The third kappa shape index (κ3) is 10.8. The zero-order chi connectivity index (χ0) is 30.2. The molecule has 0 heterocycles. The highest BCUT2D eigenvalue weighted by atomic mass is 16.7. The monoisotopic (exact) mass is 574 g/mol. The second kappa shape index (κ2) is 16.9. The number of hydrogen-bond donors (Lipinski definition) is 0. The van der Waals surface area contributed by atoms with E-state index in [9.17, 15) is 14.4 Å². The fourth-order valence-corrected chi connectivity index (χ4v) is 3.60. The molecule has 220 valence electrons. The Hall–Kier alpha value is -5.05. The van der Waals surface area contributed by atoms with Crippen molar-refractivity contribution in [2.45, 2.75) is 32.6 Å². The highest BCUT2D eigenvalue weighted by Gasteiger charge is 2.11. The molecular weight excluding hydrogens is 540 g/mol. The lowest BCUT2D eigenvalue weighted by atomic mass is 10.2. The minimum absolute atomic E-state index is 0.00886. The number of ether oxygens (including phenoxy) is 6. The summed E-state index contributed by atoms with van der Waals surface area (Å²) in [7, 11) is 0. The summed E-state index contributed by atoms with van der Waals surface area (Å²) in [6.07, 6.45) is 5.88. The van der Waals surface area contributed by atoms with Gasteiger partial charge in [0.2, 0.25) is 6.79 Å². The quantitative estimate of drug-likeness (QED) is 0.0596. The molecule has 0 bridgehead atoms. The summed E-state index contributed by atoms with van der Waals surface area (Å²) in [4.78, 5) is 34.7. The highest BCUT2D eigenvalue weighted by Crippen LogP contribution is 2.25. The van der Waals surface area contributed by atoms with Crippen LogP contribution in [0, 0.1) is 6.92 Å². The summed E-state index contributed by atoms with van der Waals surface area (Å²) in [5.41, 5.74) is 1.06.